The van der Waals surface area contributed by atoms with Crippen LogP contribution in [0.5, 0.6) is 0 Å². The van der Waals surface area contributed by atoms with Crippen molar-refractivity contribution < 1.29 is 9.59 Å². The zero-order chi connectivity index (χ0) is 20.2. The molecule has 0 bridgehead atoms. The largest absolute Gasteiger partial charge is 0.326 e. The molecule has 4 nitrogen and oxygen atoms in total. The van der Waals surface area contributed by atoms with Crippen LogP contribution in [0.15, 0.2) is 54.7 Å². The Morgan fingerprint density at radius 3 is 2.69 bits per heavy atom. The highest BCUT2D eigenvalue weighted by Crippen LogP contribution is 2.44. The van der Waals surface area contributed by atoms with Crippen LogP contribution < -0.4 is 5.32 Å². The standard InChI is InChI=1S/C23H24N2O2S2/c1-16(26)25-11-10-17-6-2-3-9-20(17)21(25)15-22(27)24-19-8-4-7-18(14-19)23-28-12-5-13-29-23/h2-4,6-11,14,21,23H,5,12-13,15H2,1H3,(H,24,27)/t21-/m0/s1. The minimum atomic E-state index is -0.290. The molecule has 2 amide bonds. The van der Waals surface area contributed by atoms with E-state index in [1.165, 1.54) is 30.4 Å². The highest BCUT2D eigenvalue weighted by atomic mass is 32.2. The average Bonchev–Trinajstić information content (AvgIpc) is 2.74. The van der Waals surface area contributed by atoms with Crippen molar-refractivity contribution in [1.29, 1.82) is 0 Å². The third-order valence-corrected chi connectivity index (χ3v) is 8.13. The van der Waals surface area contributed by atoms with Gasteiger partial charge in [-0.25, -0.2) is 0 Å². The zero-order valence-electron chi connectivity index (χ0n) is 16.3. The molecule has 0 saturated carbocycles. The van der Waals surface area contributed by atoms with Gasteiger partial charge in [-0.05, 0) is 52.8 Å². The third-order valence-electron chi connectivity index (χ3n) is 5.12. The topological polar surface area (TPSA) is 49.4 Å². The molecule has 2 aliphatic heterocycles. The molecular formula is C23H24N2O2S2. The fourth-order valence-corrected chi connectivity index (χ4v) is 6.62. The summed E-state index contributed by atoms with van der Waals surface area (Å²) in [4.78, 5) is 26.6. The third kappa shape index (κ3) is 4.70. The van der Waals surface area contributed by atoms with Gasteiger partial charge in [-0.3, -0.25) is 9.59 Å². The number of nitrogens with one attached hydrogen (secondary N) is 1. The van der Waals surface area contributed by atoms with Gasteiger partial charge in [0.2, 0.25) is 11.8 Å². The van der Waals surface area contributed by atoms with Gasteiger partial charge in [-0.1, -0.05) is 36.4 Å². The molecule has 6 heteroatoms. The lowest BCUT2D eigenvalue weighted by atomic mass is 9.93. The van der Waals surface area contributed by atoms with Crippen LogP contribution in [0.4, 0.5) is 5.69 Å². The first-order chi connectivity index (χ1) is 14.1. The summed E-state index contributed by atoms with van der Waals surface area (Å²) < 4.78 is 0.434. The number of nitrogens with zero attached hydrogens (tertiary/aromatic N) is 1. The Morgan fingerprint density at radius 1 is 1.10 bits per heavy atom. The van der Waals surface area contributed by atoms with E-state index in [2.05, 4.69) is 17.4 Å². The van der Waals surface area contributed by atoms with Gasteiger partial charge in [0, 0.05) is 18.8 Å². The number of amides is 2. The molecule has 1 atom stereocenters. The molecule has 0 aromatic heterocycles. The summed E-state index contributed by atoms with van der Waals surface area (Å²) in [5.74, 6) is 2.21. The molecule has 1 saturated heterocycles. The quantitative estimate of drug-likeness (QED) is 0.708. The van der Waals surface area contributed by atoms with Crippen LogP contribution >= 0.6 is 23.5 Å². The summed E-state index contributed by atoms with van der Waals surface area (Å²) in [6, 6.07) is 15.8. The molecule has 150 valence electrons. The van der Waals surface area contributed by atoms with Crippen molar-refractivity contribution in [2.24, 2.45) is 0 Å². The second kappa shape index (κ2) is 9.09. The molecule has 2 aromatic rings. The first-order valence-corrected chi connectivity index (χ1v) is 11.9. The van der Waals surface area contributed by atoms with Crippen molar-refractivity contribution in [3.63, 3.8) is 0 Å². The minimum Gasteiger partial charge on any atom is -0.326 e. The number of hydrogen-bond donors (Lipinski definition) is 1. The van der Waals surface area contributed by atoms with Gasteiger partial charge in [-0.15, -0.1) is 23.5 Å². The van der Waals surface area contributed by atoms with Gasteiger partial charge < -0.3 is 10.2 Å². The zero-order valence-corrected chi connectivity index (χ0v) is 18.0. The summed E-state index contributed by atoms with van der Waals surface area (Å²) in [6.45, 7) is 1.53. The number of carbonyl (C=O) groups is 2. The number of thioether (sulfide) groups is 2. The minimum absolute atomic E-state index is 0.0677. The van der Waals surface area contributed by atoms with E-state index in [1.54, 1.807) is 11.1 Å². The van der Waals surface area contributed by atoms with Gasteiger partial charge in [0.1, 0.15) is 0 Å². The monoisotopic (exact) mass is 424 g/mol. The number of benzene rings is 2. The Kier molecular flexibility index (Phi) is 6.31. The molecule has 0 spiro atoms. The van der Waals surface area contributed by atoms with E-state index in [0.717, 1.165) is 16.8 Å². The first-order valence-electron chi connectivity index (χ1n) is 9.81. The number of carbonyl (C=O) groups excluding carboxylic acids is 2. The van der Waals surface area contributed by atoms with Crippen molar-refractivity contribution in [1.82, 2.24) is 4.90 Å². The van der Waals surface area contributed by atoms with Crippen molar-refractivity contribution >= 4 is 47.1 Å². The number of fused-ring (bicyclic) bond motifs is 1. The maximum Gasteiger partial charge on any atom is 0.226 e. The smallest absolute Gasteiger partial charge is 0.226 e. The van der Waals surface area contributed by atoms with E-state index in [4.69, 9.17) is 0 Å². The molecular weight excluding hydrogens is 400 g/mol. The summed E-state index contributed by atoms with van der Waals surface area (Å²) in [5, 5.41) is 3.04. The summed E-state index contributed by atoms with van der Waals surface area (Å²) in [5.41, 5.74) is 4.11. The Labute approximate surface area is 180 Å². The van der Waals surface area contributed by atoms with Crippen molar-refractivity contribution in [3.05, 3.63) is 71.4 Å². The van der Waals surface area contributed by atoms with Crippen LogP contribution in [0.3, 0.4) is 0 Å². The number of anilines is 1. The second-order valence-electron chi connectivity index (χ2n) is 7.19. The SMILES string of the molecule is CC(=O)N1C=Cc2ccccc2[C@@H]1CC(=O)Nc1cccc(C2SCCCS2)c1. The highest BCUT2D eigenvalue weighted by Gasteiger charge is 2.28. The van der Waals surface area contributed by atoms with Crippen LogP contribution in [-0.4, -0.2) is 28.2 Å². The summed E-state index contributed by atoms with van der Waals surface area (Å²) in [6.07, 6.45) is 5.18. The first kappa shape index (κ1) is 20.1. The van der Waals surface area contributed by atoms with Crippen LogP contribution in [0, 0.1) is 0 Å². The molecule has 2 heterocycles. The fraction of sp³-hybridized carbons (Fsp3) is 0.304. The molecule has 0 aliphatic carbocycles. The normalized spacial score (nSPS) is 18.9. The Balaban J connectivity index is 1.49. The molecule has 2 aliphatic rings. The molecule has 29 heavy (non-hydrogen) atoms. The van der Waals surface area contributed by atoms with Gasteiger partial charge in [-0.2, -0.15) is 0 Å². The van der Waals surface area contributed by atoms with Crippen molar-refractivity contribution in [2.75, 3.05) is 16.8 Å². The lowest BCUT2D eigenvalue weighted by Gasteiger charge is -2.32. The van der Waals surface area contributed by atoms with E-state index in [0.29, 0.717) is 4.58 Å². The van der Waals surface area contributed by atoms with E-state index in [-0.39, 0.29) is 24.3 Å². The Morgan fingerprint density at radius 2 is 1.90 bits per heavy atom. The summed E-state index contributed by atoms with van der Waals surface area (Å²) in [7, 11) is 0. The molecule has 1 fully saturated rings. The summed E-state index contributed by atoms with van der Waals surface area (Å²) >= 11 is 3.93. The van der Waals surface area contributed by atoms with Crippen molar-refractivity contribution in [3.8, 4) is 0 Å². The molecule has 2 aromatic carbocycles. The lowest BCUT2D eigenvalue weighted by Crippen LogP contribution is -2.33. The highest BCUT2D eigenvalue weighted by molar-refractivity contribution is 8.16. The van der Waals surface area contributed by atoms with Crippen molar-refractivity contribution in [2.45, 2.75) is 30.4 Å². The van der Waals surface area contributed by atoms with E-state index < -0.39 is 0 Å². The maximum absolute atomic E-state index is 12.9. The maximum atomic E-state index is 12.9. The second-order valence-corrected chi connectivity index (χ2v) is 9.92. The number of rotatable bonds is 4. The Bertz CT molecular complexity index is 938. The Hall–Kier alpha value is -2.18. The van der Waals surface area contributed by atoms with E-state index >= 15 is 0 Å². The van der Waals surface area contributed by atoms with Gasteiger partial charge in [0.15, 0.2) is 0 Å². The van der Waals surface area contributed by atoms with Gasteiger partial charge in [0.25, 0.3) is 0 Å². The van der Waals surface area contributed by atoms with Crippen LogP contribution in [-0.2, 0) is 9.59 Å². The van der Waals surface area contributed by atoms with E-state index in [9.17, 15) is 9.59 Å². The predicted octanol–water partition coefficient (Wildman–Crippen LogP) is 5.46. The molecule has 4 rings (SSSR count). The van der Waals surface area contributed by atoms with E-state index in [1.807, 2.05) is 66.0 Å². The molecule has 0 radical (unpaired) electrons. The molecule has 1 N–H and O–H groups in total. The van der Waals surface area contributed by atoms with Crippen LogP contribution in [0.25, 0.3) is 6.08 Å². The average molecular weight is 425 g/mol. The molecule has 0 unspecified atom stereocenters. The van der Waals surface area contributed by atoms with Crippen LogP contribution in [0.2, 0.25) is 0 Å². The number of hydrogen-bond acceptors (Lipinski definition) is 4. The fourth-order valence-electron chi connectivity index (χ4n) is 3.74. The van der Waals surface area contributed by atoms with Gasteiger partial charge in [0.05, 0.1) is 17.0 Å². The predicted molar refractivity (Wildman–Crippen MR) is 123 cm³/mol. The van der Waals surface area contributed by atoms with Gasteiger partial charge >= 0.3 is 0 Å². The lowest BCUT2D eigenvalue weighted by molar-refractivity contribution is -0.129. The van der Waals surface area contributed by atoms with Crippen LogP contribution in [0.1, 0.15) is 47.1 Å².